The minimum Gasteiger partial charge on any atom is -0.489 e. The molecule has 2 rings (SSSR count). The first-order chi connectivity index (χ1) is 6.36. The third kappa shape index (κ3) is 1.98. The number of benzene rings is 1. The molecule has 1 N–H and O–H groups in total. The first-order valence-electron chi connectivity index (χ1n) is 4.47. The summed E-state index contributed by atoms with van der Waals surface area (Å²) in [5, 5.41) is 3.19. The molecule has 3 heteroatoms. The van der Waals surface area contributed by atoms with Crippen LogP contribution in [0, 0.1) is 5.82 Å². The Morgan fingerprint density at radius 2 is 2.23 bits per heavy atom. The summed E-state index contributed by atoms with van der Waals surface area (Å²) in [6.07, 6.45) is 1.12. The maximum atomic E-state index is 13.0. The Morgan fingerprint density at radius 3 is 2.85 bits per heavy atom. The van der Waals surface area contributed by atoms with E-state index >= 15 is 0 Å². The van der Waals surface area contributed by atoms with Crippen molar-refractivity contribution in [2.45, 2.75) is 12.5 Å². The Labute approximate surface area is 76.7 Å². The van der Waals surface area contributed by atoms with Gasteiger partial charge in [-0.2, -0.15) is 0 Å². The number of nitrogens with one attached hydrogen (secondary N) is 1. The largest absolute Gasteiger partial charge is 0.489 e. The quantitative estimate of drug-likeness (QED) is 0.764. The summed E-state index contributed by atoms with van der Waals surface area (Å²) in [7, 11) is 0. The van der Waals surface area contributed by atoms with Crippen molar-refractivity contribution in [1.82, 2.24) is 5.32 Å². The third-order valence-corrected chi connectivity index (χ3v) is 2.20. The van der Waals surface area contributed by atoms with Crippen LogP contribution in [0.25, 0.3) is 0 Å². The van der Waals surface area contributed by atoms with Crippen molar-refractivity contribution >= 4 is 0 Å². The zero-order chi connectivity index (χ0) is 9.10. The molecule has 1 aromatic carbocycles. The topological polar surface area (TPSA) is 21.3 Å². The van der Waals surface area contributed by atoms with E-state index in [1.165, 1.54) is 6.07 Å². The maximum absolute atomic E-state index is 13.0. The molecule has 1 atom stereocenters. The van der Waals surface area contributed by atoms with Crippen molar-refractivity contribution in [2.75, 3.05) is 13.2 Å². The highest BCUT2D eigenvalue weighted by molar-refractivity contribution is 5.23. The van der Waals surface area contributed by atoms with Gasteiger partial charge in [0.05, 0.1) is 0 Å². The number of halogens is 1. The van der Waals surface area contributed by atoms with Gasteiger partial charge in [0.25, 0.3) is 0 Å². The molecule has 0 radical (unpaired) electrons. The van der Waals surface area contributed by atoms with Crippen LogP contribution in [-0.2, 0) is 0 Å². The van der Waals surface area contributed by atoms with Gasteiger partial charge in [-0.05, 0) is 25.1 Å². The highest BCUT2D eigenvalue weighted by atomic mass is 19.1. The van der Waals surface area contributed by atoms with Crippen LogP contribution >= 0.6 is 0 Å². The summed E-state index contributed by atoms with van der Waals surface area (Å²) in [4.78, 5) is 0. The average molecular weight is 181 g/mol. The lowest BCUT2D eigenvalue weighted by molar-refractivity contribution is 0.211. The molecular formula is C10H12FNO. The van der Waals surface area contributed by atoms with Gasteiger partial charge in [0.2, 0.25) is 0 Å². The third-order valence-electron chi connectivity index (χ3n) is 2.20. The predicted octanol–water partition coefficient (Wildman–Crippen LogP) is 1.57. The molecule has 0 spiro atoms. The van der Waals surface area contributed by atoms with Gasteiger partial charge in [0.1, 0.15) is 6.61 Å². The van der Waals surface area contributed by atoms with Gasteiger partial charge in [0.15, 0.2) is 11.6 Å². The molecule has 0 aliphatic carbocycles. The van der Waals surface area contributed by atoms with Gasteiger partial charge < -0.3 is 10.1 Å². The fraction of sp³-hybridized carbons (Fsp3) is 0.400. The van der Waals surface area contributed by atoms with Gasteiger partial charge >= 0.3 is 0 Å². The van der Waals surface area contributed by atoms with Crippen molar-refractivity contribution in [3.63, 3.8) is 0 Å². The fourth-order valence-corrected chi connectivity index (χ4v) is 1.24. The van der Waals surface area contributed by atoms with Crippen LogP contribution in [-0.4, -0.2) is 19.2 Å². The molecule has 0 bridgehead atoms. The summed E-state index contributed by atoms with van der Waals surface area (Å²) in [5.41, 5.74) is 0. The van der Waals surface area contributed by atoms with Gasteiger partial charge in [-0.15, -0.1) is 0 Å². The molecule has 1 saturated heterocycles. The normalized spacial score (nSPS) is 20.8. The van der Waals surface area contributed by atoms with Crippen LogP contribution < -0.4 is 10.1 Å². The van der Waals surface area contributed by atoms with E-state index < -0.39 is 0 Å². The van der Waals surface area contributed by atoms with Crippen LogP contribution in [0.5, 0.6) is 5.75 Å². The van der Waals surface area contributed by atoms with Gasteiger partial charge in [-0.25, -0.2) is 4.39 Å². The van der Waals surface area contributed by atoms with Gasteiger partial charge in [-0.3, -0.25) is 0 Å². The second-order valence-corrected chi connectivity index (χ2v) is 3.18. The second-order valence-electron chi connectivity index (χ2n) is 3.18. The number of para-hydroxylation sites is 1. The van der Waals surface area contributed by atoms with E-state index in [9.17, 15) is 4.39 Å². The number of hydrogen-bond acceptors (Lipinski definition) is 2. The van der Waals surface area contributed by atoms with E-state index in [0.717, 1.165) is 13.0 Å². The standard InChI is InChI=1S/C10H12FNO/c11-9-3-1-2-4-10(9)13-7-8-5-6-12-8/h1-4,8,12H,5-7H2. The molecule has 1 aromatic rings. The first kappa shape index (κ1) is 8.51. The molecule has 1 unspecified atom stereocenters. The van der Waals surface area contributed by atoms with Crippen molar-refractivity contribution < 1.29 is 9.13 Å². The number of ether oxygens (including phenoxy) is 1. The summed E-state index contributed by atoms with van der Waals surface area (Å²) < 4.78 is 18.3. The molecule has 0 saturated carbocycles. The zero-order valence-corrected chi connectivity index (χ0v) is 7.29. The molecule has 0 amide bonds. The Balaban J connectivity index is 1.89. The lowest BCUT2D eigenvalue weighted by Gasteiger charge is -2.27. The minimum atomic E-state index is -0.290. The summed E-state index contributed by atoms with van der Waals surface area (Å²) in [6.45, 7) is 1.60. The molecule has 0 aromatic heterocycles. The van der Waals surface area contributed by atoms with Crippen molar-refractivity contribution in [2.24, 2.45) is 0 Å². The second kappa shape index (κ2) is 3.75. The highest BCUT2D eigenvalue weighted by Crippen LogP contribution is 2.16. The van der Waals surface area contributed by atoms with E-state index in [-0.39, 0.29) is 5.82 Å². The molecule has 13 heavy (non-hydrogen) atoms. The van der Waals surface area contributed by atoms with E-state index in [4.69, 9.17) is 4.74 Å². The van der Waals surface area contributed by atoms with Crippen molar-refractivity contribution in [1.29, 1.82) is 0 Å². The van der Waals surface area contributed by atoms with Crippen molar-refractivity contribution in [3.05, 3.63) is 30.1 Å². The summed E-state index contributed by atoms with van der Waals surface area (Å²) >= 11 is 0. The van der Waals surface area contributed by atoms with Crippen LogP contribution in [0.3, 0.4) is 0 Å². The molecule has 1 fully saturated rings. The van der Waals surface area contributed by atoms with Crippen LogP contribution in [0.4, 0.5) is 4.39 Å². The monoisotopic (exact) mass is 181 g/mol. The Bertz CT molecular complexity index is 286. The summed E-state index contributed by atoms with van der Waals surface area (Å²) in [5.74, 6) is 0.0537. The maximum Gasteiger partial charge on any atom is 0.165 e. The Hall–Kier alpha value is -1.09. The minimum absolute atomic E-state index is 0.290. The van der Waals surface area contributed by atoms with Crippen molar-refractivity contribution in [3.8, 4) is 5.75 Å². The Kier molecular flexibility index (Phi) is 2.45. The SMILES string of the molecule is Fc1ccccc1OCC1CCN1. The first-order valence-corrected chi connectivity index (χ1v) is 4.47. The number of hydrogen-bond donors (Lipinski definition) is 1. The highest BCUT2D eigenvalue weighted by Gasteiger charge is 2.17. The lowest BCUT2D eigenvalue weighted by Crippen LogP contribution is -2.46. The van der Waals surface area contributed by atoms with Crippen LogP contribution in [0.1, 0.15) is 6.42 Å². The lowest BCUT2D eigenvalue weighted by atomic mass is 10.1. The molecule has 70 valence electrons. The van der Waals surface area contributed by atoms with E-state index in [2.05, 4.69) is 5.32 Å². The molecule has 1 aliphatic rings. The molecule has 1 aliphatic heterocycles. The Morgan fingerprint density at radius 1 is 1.46 bits per heavy atom. The molecule has 1 heterocycles. The van der Waals surface area contributed by atoms with E-state index in [1.54, 1.807) is 18.2 Å². The summed E-state index contributed by atoms with van der Waals surface area (Å²) in [6, 6.07) is 6.88. The van der Waals surface area contributed by atoms with Crippen LogP contribution in [0.2, 0.25) is 0 Å². The zero-order valence-electron chi connectivity index (χ0n) is 7.29. The van der Waals surface area contributed by atoms with E-state index in [1.807, 2.05) is 0 Å². The fourth-order valence-electron chi connectivity index (χ4n) is 1.24. The number of rotatable bonds is 3. The average Bonchev–Trinajstić information content (AvgIpc) is 2.05. The van der Waals surface area contributed by atoms with Crippen LogP contribution in [0.15, 0.2) is 24.3 Å². The van der Waals surface area contributed by atoms with E-state index in [0.29, 0.717) is 18.4 Å². The van der Waals surface area contributed by atoms with Gasteiger partial charge in [-0.1, -0.05) is 12.1 Å². The van der Waals surface area contributed by atoms with Gasteiger partial charge in [0, 0.05) is 6.04 Å². The molecule has 2 nitrogen and oxygen atoms in total. The smallest absolute Gasteiger partial charge is 0.165 e. The molecular weight excluding hydrogens is 169 g/mol. The predicted molar refractivity (Wildman–Crippen MR) is 48.3 cm³/mol.